The van der Waals surface area contributed by atoms with Gasteiger partial charge in [0.15, 0.2) is 6.61 Å². The zero-order chi connectivity index (χ0) is 22.7. The molecule has 0 spiro atoms. The number of rotatable bonds is 5. The number of halogens is 2. The SMILES string of the molecule is CCC(c1ccccc1)N1Cc2cc(NC(=O)c3ccc(F)cc3F)ccc2OCC1=O. The summed E-state index contributed by atoms with van der Waals surface area (Å²) in [5.41, 5.74) is 1.92. The summed E-state index contributed by atoms with van der Waals surface area (Å²) in [5, 5.41) is 2.63. The van der Waals surface area contributed by atoms with Crippen molar-refractivity contribution in [3.8, 4) is 5.75 Å². The minimum Gasteiger partial charge on any atom is -0.483 e. The fourth-order valence-electron chi connectivity index (χ4n) is 3.88. The molecule has 164 valence electrons. The molecule has 7 heteroatoms. The molecule has 0 saturated carbocycles. The van der Waals surface area contributed by atoms with E-state index in [1.54, 1.807) is 23.1 Å². The van der Waals surface area contributed by atoms with Crippen LogP contribution in [0.15, 0.2) is 66.7 Å². The van der Waals surface area contributed by atoms with Crippen molar-refractivity contribution >= 4 is 17.5 Å². The number of nitrogens with zero attached hydrogens (tertiary/aromatic N) is 1. The molecule has 1 aliphatic heterocycles. The highest BCUT2D eigenvalue weighted by Gasteiger charge is 2.28. The number of fused-ring (bicyclic) bond motifs is 1. The molecular formula is C25H22F2N2O3. The molecule has 0 fully saturated rings. The predicted molar refractivity (Wildman–Crippen MR) is 116 cm³/mol. The van der Waals surface area contributed by atoms with Gasteiger partial charge in [0.25, 0.3) is 11.8 Å². The minimum atomic E-state index is -0.939. The van der Waals surface area contributed by atoms with Crippen molar-refractivity contribution in [1.82, 2.24) is 4.90 Å². The van der Waals surface area contributed by atoms with E-state index in [1.165, 1.54) is 0 Å². The fourth-order valence-corrected chi connectivity index (χ4v) is 3.88. The maximum absolute atomic E-state index is 13.9. The van der Waals surface area contributed by atoms with E-state index >= 15 is 0 Å². The Bertz CT molecular complexity index is 1150. The molecule has 1 N–H and O–H groups in total. The smallest absolute Gasteiger partial charge is 0.261 e. The van der Waals surface area contributed by atoms with Gasteiger partial charge in [0.1, 0.15) is 17.4 Å². The lowest BCUT2D eigenvalue weighted by Gasteiger charge is -2.30. The fraction of sp³-hybridized carbons (Fsp3) is 0.200. The van der Waals surface area contributed by atoms with E-state index in [1.807, 2.05) is 37.3 Å². The van der Waals surface area contributed by atoms with Crippen molar-refractivity contribution in [3.05, 3.63) is 95.1 Å². The van der Waals surface area contributed by atoms with Crippen molar-refractivity contribution < 1.29 is 23.1 Å². The van der Waals surface area contributed by atoms with Gasteiger partial charge in [0, 0.05) is 17.3 Å². The second kappa shape index (κ2) is 9.18. The number of amides is 2. The first kappa shape index (κ1) is 21.5. The topological polar surface area (TPSA) is 58.6 Å². The highest BCUT2D eigenvalue weighted by molar-refractivity contribution is 6.04. The van der Waals surface area contributed by atoms with Crippen molar-refractivity contribution in [3.63, 3.8) is 0 Å². The van der Waals surface area contributed by atoms with Gasteiger partial charge in [-0.3, -0.25) is 9.59 Å². The number of nitrogens with one attached hydrogen (secondary N) is 1. The zero-order valence-electron chi connectivity index (χ0n) is 17.5. The molecule has 3 aromatic carbocycles. The number of carbonyl (C=O) groups is 2. The molecule has 0 bridgehead atoms. The third-order valence-corrected chi connectivity index (χ3v) is 5.45. The van der Waals surface area contributed by atoms with Gasteiger partial charge in [-0.05, 0) is 42.3 Å². The Balaban J connectivity index is 1.59. The Hall–Kier alpha value is -3.74. The lowest BCUT2D eigenvalue weighted by atomic mass is 10.0. The molecule has 0 aromatic heterocycles. The van der Waals surface area contributed by atoms with E-state index in [2.05, 4.69) is 5.32 Å². The number of carbonyl (C=O) groups excluding carboxylic acids is 2. The van der Waals surface area contributed by atoms with Crippen LogP contribution in [0.2, 0.25) is 0 Å². The number of hydrogen-bond donors (Lipinski definition) is 1. The van der Waals surface area contributed by atoms with Gasteiger partial charge >= 0.3 is 0 Å². The van der Waals surface area contributed by atoms with Gasteiger partial charge in [0.05, 0.1) is 18.2 Å². The van der Waals surface area contributed by atoms with Crippen LogP contribution in [-0.2, 0) is 11.3 Å². The second-order valence-electron chi connectivity index (χ2n) is 7.55. The molecule has 0 radical (unpaired) electrons. The Kier molecular flexibility index (Phi) is 6.16. The van der Waals surface area contributed by atoms with E-state index < -0.39 is 17.5 Å². The first-order valence-electron chi connectivity index (χ1n) is 10.3. The summed E-state index contributed by atoms with van der Waals surface area (Å²) in [6.45, 7) is 2.24. The Morgan fingerprint density at radius 1 is 1.09 bits per heavy atom. The van der Waals surface area contributed by atoms with Crippen LogP contribution >= 0.6 is 0 Å². The average Bonchev–Trinajstić information content (AvgIpc) is 2.94. The lowest BCUT2D eigenvalue weighted by molar-refractivity contribution is -0.135. The maximum Gasteiger partial charge on any atom is 0.261 e. The van der Waals surface area contributed by atoms with Crippen LogP contribution in [0.5, 0.6) is 5.75 Å². The molecule has 1 heterocycles. The second-order valence-corrected chi connectivity index (χ2v) is 7.55. The first-order valence-corrected chi connectivity index (χ1v) is 10.3. The molecule has 2 amide bonds. The van der Waals surface area contributed by atoms with E-state index in [-0.39, 0.29) is 24.1 Å². The highest BCUT2D eigenvalue weighted by atomic mass is 19.1. The van der Waals surface area contributed by atoms with E-state index in [4.69, 9.17) is 4.74 Å². The van der Waals surface area contributed by atoms with Crippen molar-refractivity contribution in [2.75, 3.05) is 11.9 Å². The van der Waals surface area contributed by atoms with Crippen LogP contribution in [0.4, 0.5) is 14.5 Å². The van der Waals surface area contributed by atoms with Crippen LogP contribution < -0.4 is 10.1 Å². The molecule has 1 unspecified atom stereocenters. The first-order chi connectivity index (χ1) is 15.5. The Morgan fingerprint density at radius 2 is 1.88 bits per heavy atom. The average molecular weight is 436 g/mol. The third kappa shape index (κ3) is 4.46. The van der Waals surface area contributed by atoms with E-state index in [0.717, 1.165) is 29.7 Å². The molecule has 3 aromatic rings. The van der Waals surface area contributed by atoms with E-state index in [0.29, 0.717) is 24.0 Å². The van der Waals surface area contributed by atoms with Gasteiger partial charge in [0.2, 0.25) is 0 Å². The summed E-state index contributed by atoms with van der Waals surface area (Å²) >= 11 is 0. The normalized spacial score (nSPS) is 14.2. The number of benzene rings is 3. The van der Waals surface area contributed by atoms with Crippen molar-refractivity contribution in [2.45, 2.75) is 25.9 Å². The summed E-state index contributed by atoms with van der Waals surface area (Å²) in [7, 11) is 0. The van der Waals surface area contributed by atoms with Gasteiger partial charge in [-0.2, -0.15) is 0 Å². The molecule has 0 saturated heterocycles. The lowest BCUT2D eigenvalue weighted by Crippen LogP contribution is -2.35. The maximum atomic E-state index is 13.9. The summed E-state index contributed by atoms with van der Waals surface area (Å²) in [6, 6.07) is 17.4. The summed E-state index contributed by atoms with van der Waals surface area (Å²) in [5.74, 6) is -1.97. The number of anilines is 1. The van der Waals surface area contributed by atoms with E-state index in [9.17, 15) is 18.4 Å². The van der Waals surface area contributed by atoms with Gasteiger partial charge in [-0.25, -0.2) is 8.78 Å². The van der Waals surface area contributed by atoms with Crippen LogP contribution in [0, 0.1) is 11.6 Å². The molecule has 1 aliphatic rings. The molecule has 1 atom stereocenters. The predicted octanol–water partition coefficient (Wildman–Crippen LogP) is 5.09. The summed E-state index contributed by atoms with van der Waals surface area (Å²) < 4.78 is 32.8. The molecular weight excluding hydrogens is 414 g/mol. The zero-order valence-corrected chi connectivity index (χ0v) is 17.5. The largest absolute Gasteiger partial charge is 0.483 e. The van der Waals surface area contributed by atoms with Crippen LogP contribution in [-0.4, -0.2) is 23.3 Å². The van der Waals surface area contributed by atoms with Crippen molar-refractivity contribution in [1.29, 1.82) is 0 Å². The standard InChI is InChI=1S/C25H22F2N2O3/c1-2-22(16-6-4-3-5-7-16)29-14-17-12-19(9-11-23(17)32-15-24(29)30)28-25(31)20-10-8-18(26)13-21(20)27/h3-13,22H,2,14-15H2,1H3,(H,28,31). The van der Waals surface area contributed by atoms with Crippen molar-refractivity contribution in [2.24, 2.45) is 0 Å². The third-order valence-electron chi connectivity index (χ3n) is 5.45. The monoisotopic (exact) mass is 436 g/mol. The van der Waals surface area contributed by atoms with Crippen LogP contribution in [0.25, 0.3) is 0 Å². The molecule has 32 heavy (non-hydrogen) atoms. The highest BCUT2D eigenvalue weighted by Crippen LogP contribution is 2.32. The Labute approximate surface area is 184 Å². The van der Waals surface area contributed by atoms with Gasteiger partial charge in [-0.15, -0.1) is 0 Å². The number of hydrogen-bond acceptors (Lipinski definition) is 3. The van der Waals surface area contributed by atoms with Crippen LogP contribution in [0.1, 0.15) is 40.9 Å². The van der Waals surface area contributed by atoms with Crippen LogP contribution in [0.3, 0.4) is 0 Å². The van der Waals surface area contributed by atoms with Gasteiger partial charge < -0.3 is 15.0 Å². The Morgan fingerprint density at radius 3 is 2.59 bits per heavy atom. The molecule has 0 aliphatic carbocycles. The number of ether oxygens (including phenoxy) is 1. The molecule has 4 rings (SSSR count). The summed E-state index contributed by atoms with van der Waals surface area (Å²) in [4.78, 5) is 27.1. The summed E-state index contributed by atoms with van der Waals surface area (Å²) in [6.07, 6.45) is 0.728. The quantitative estimate of drug-likeness (QED) is 0.606. The minimum absolute atomic E-state index is 0.0805. The molecule has 5 nitrogen and oxygen atoms in total. The van der Waals surface area contributed by atoms with Gasteiger partial charge in [-0.1, -0.05) is 37.3 Å².